The number of hydrogen-bond donors (Lipinski definition) is 1. The summed E-state index contributed by atoms with van der Waals surface area (Å²) in [5.41, 5.74) is 2.18. The van der Waals surface area contributed by atoms with Crippen LogP contribution in [-0.2, 0) is 6.42 Å². The molecular formula is C17H13F4N3O3. The smallest absolute Gasteiger partial charge is 0.477 e. The van der Waals surface area contributed by atoms with Crippen molar-refractivity contribution >= 4 is 11.6 Å². The van der Waals surface area contributed by atoms with Crippen molar-refractivity contribution in [1.29, 1.82) is 0 Å². The maximum absolute atomic E-state index is 13.6. The lowest BCUT2D eigenvalue weighted by Gasteiger charge is -2.14. The third kappa shape index (κ3) is 3.69. The fraction of sp³-hybridized carbons (Fsp3) is 0.235. The highest BCUT2D eigenvalue weighted by atomic mass is 19.4. The maximum Gasteiger partial charge on any atom is 0.573 e. The third-order valence-corrected chi connectivity index (χ3v) is 4.04. The SMILES string of the molecule is Cc1nc2c(C(=O)O)cnn2c(C)c1Cc1ccc(F)c(OC(F)(F)F)c1. The average molecular weight is 383 g/mol. The van der Waals surface area contributed by atoms with E-state index in [1.165, 1.54) is 16.8 Å². The van der Waals surface area contributed by atoms with Crippen LogP contribution in [0.15, 0.2) is 24.4 Å². The van der Waals surface area contributed by atoms with Crippen LogP contribution in [0.2, 0.25) is 0 Å². The van der Waals surface area contributed by atoms with E-state index in [9.17, 15) is 27.5 Å². The van der Waals surface area contributed by atoms with Gasteiger partial charge >= 0.3 is 12.3 Å². The highest BCUT2D eigenvalue weighted by molar-refractivity contribution is 5.94. The molecule has 142 valence electrons. The van der Waals surface area contributed by atoms with Crippen LogP contribution in [0, 0.1) is 19.7 Å². The Hall–Kier alpha value is -3.17. The molecule has 10 heteroatoms. The highest BCUT2D eigenvalue weighted by Gasteiger charge is 2.32. The Labute approximate surface area is 150 Å². The van der Waals surface area contributed by atoms with E-state index in [4.69, 9.17) is 0 Å². The largest absolute Gasteiger partial charge is 0.573 e. The third-order valence-electron chi connectivity index (χ3n) is 4.04. The first-order chi connectivity index (χ1) is 12.6. The molecule has 0 unspecified atom stereocenters. The molecule has 3 aromatic rings. The number of ether oxygens (including phenoxy) is 1. The molecule has 0 aliphatic carbocycles. The second kappa shape index (κ2) is 6.53. The molecule has 0 bridgehead atoms. The van der Waals surface area contributed by atoms with E-state index in [0.717, 1.165) is 12.1 Å². The molecule has 0 aliphatic heterocycles. The first kappa shape index (κ1) is 18.6. The van der Waals surface area contributed by atoms with Crippen LogP contribution in [0.1, 0.15) is 32.9 Å². The molecule has 6 nitrogen and oxygen atoms in total. The van der Waals surface area contributed by atoms with Crippen LogP contribution in [0.25, 0.3) is 5.65 Å². The molecule has 2 heterocycles. The number of halogens is 4. The predicted molar refractivity (Wildman–Crippen MR) is 85.3 cm³/mol. The summed E-state index contributed by atoms with van der Waals surface area (Å²) in [6.07, 6.45) is -3.69. The molecule has 0 spiro atoms. The van der Waals surface area contributed by atoms with Gasteiger partial charge in [0.1, 0.15) is 5.56 Å². The van der Waals surface area contributed by atoms with Gasteiger partial charge in [-0.1, -0.05) is 6.07 Å². The molecule has 27 heavy (non-hydrogen) atoms. The Balaban J connectivity index is 2.02. The molecule has 0 saturated carbocycles. The lowest BCUT2D eigenvalue weighted by Crippen LogP contribution is -2.18. The minimum Gasteiger partial charge on any atom is -0.477 e. The van der Waals surface area contributed by atoms with Crippen molar-refractivity contribution < 1.29 is 32.2 Å². The molecule has 0 atom stereocenters. The van der Waals surface area contributed by atoms with Gasteiger partial charge in [-0.05, 0) is 37.1 Å². The minimum atomic E-state index is -5.01. The monoisotopic (exact) mass is 383 g/mol. The number of aryl methyl sites for hydroxylation is 2. The molecule has 0 aliphatic rings. The van der Waals surface area contributed by atoms with Crippen molar-refractivity contribution in [2.24, 2.45) is 0 Å². The van der Waals surface area contributed by atoms with Gasteiger partial charge in [0.25, 0.3) is 0 Å². The first-order valence-corrected chi connectivity index (χ1v) is 7.68. The lowest BCUT2D eigenvalue weighted by molar-refractivity contribution is -0.275. The Bertz CT molecular complexity index is 1040. The quantitative estimate of drug-likeness (QED) is 0.696. The molecule has 3 rings (SSSR count). The molecule has 0 fully saturated rings. The standard InChI is InChI=1S/C17H13F4N3O3/c1-8-11(9(2)24-15(23-8)12(7-22-24)16(25)26)5-10-3-4-13(18)14(6-10)27-17(19,20)21/h3-4,6-7H,5H2,1-2H3,(H,25,26). The van der Waals surface area contributed by atoms with Crippen molar-refractivity contribution in [2.45, 2.75) is 26.6 Å². The summed E-state index contributed by atoms with van der Waals surface area (Å²) in [6, 6.07) is 3.20. The number of hydrogen-bond acceptors (Lipinski definition) is 4. The van der Waals surface area contributed by atoms with Gasteiger partial charge in [0.05, 0.1) is 6.20 Å². The summed E-state index contributed by atoms with van der Waals surface area (Å²) in [7, 11) is 0. The van der Waals surface area contributed by atoms with E-state index in [0.29, 0.717) is 22.5 Å². The number of aromatic nitrogens is 3. The number of benzene rings is 1. The number of fused-ring (bicyclic) bond motifs is 1. The molecule has 0 amide bonds. The van der Waals surface area contributed by atoms with Crippen LogP contribution < -0.4 is 4.74 Å². The van der Waals surface area contributed by atoms with Crippen molar-refractivity contribution in [3.05, 3.63) is 58.3 Å². The number of rotatable bonds is 4. The minimum absolute atomic E-state index is 0.0598. The van der Waals surface area contributed by atoms with Gasteiger partial charge in [0, 0.05) is 17.8 Å². The zero-order chi connectivity index (χ0) is 19.9. The summed E-state index contributed by atoms with van der Waals surface area (Å²) in [5.74, 6) is -3.22. The number of alkyl halides is 3. The van der Waals surface area contributed by atoms with Crippen molar-refractivity contribution in [1.82, 2.24) is 14.6 Å². The summed E-state index contributed by atoms with van der Waals surface area (Å²) in [6.45, 7) is 3.34. The van der Waals surface area contributed by atoms with E-state index in [2.05, 4.69) is 14.8 Å². The molecule has 1 N–H and O–H groups in total. The maximum atomic E-state index is 13.6. The average Bonchev–Trinajstić information content (AvgIpc) is 2.97. The molecule has 1 aromatic carbocycles. The van der Waals surface area contributed by atoms with Gasteiger partial charge in [-0.15, -0.1) is 13.2 Å². The number of carboxylic acid groups (broad SMARTS) is 1. The Morgan fingerprint density at radius 2 is 2.00 bits per heavy atom. The summed E-state index contributed by atoms with van der Waals surface area (Å²) < 4.78 is 55.8. The van der Waals surface area contributed by atoms with Gasteiger partial charge in [-0.2, -0.15) is 5.10 Å². The normalized spacial score (nSPS) is 11.8. The zero-order valence-corrected chi connectivity index (χ0v) is 14.1. The van der Waals surface area contributed by atoms with E-state index >= 15 is 0 Å². The fourth-order valence-electron chi connectivity index (χ4n) is 2.78. The van der Waals surface area contributed by atoms with Gasteiger partial charge in [0.2, 0.25) is 0 Å². The summed E-state index contributed by atoms with van der Waals surface area (Å²) >= 11 is 0. The molecule has 0 radical (unpaired) electrons. The Kier molecular flexibility index (Phi) is 4.50. The van der Waals surface area contributed by atoms with Crippen molar-refractivity contribution in [2.75, 3.05) is 0 Å². The van der Waals surface area contributed by atoms with Crippen LogP contribution in [0.4, 0.5) is 17.6 Å². The molecule has 2 aromatic heterocycles. The lowest BCUT2D eigenvalue weighted by atomic mass is 10.0. The van der Waals surface area contributed by atoms with E-state index in [1.54, 1.807) is 13.8 Å². The number of aromatic carboxylic acids is 1. The Morgan fingerprint density at radius 1 is 1.30 bits per heavy atom. The van der Waals surface area contributed by atoms with Gasteiger partial charge in [-0.3, -0.25) is 0 Å². The van der Waals surface area contributed by atoms with Crippen LogP contribution in [-0.4, -0.2) is 32.0 Å². The second-order valence-electron chi connectivity index (χ2n) is 5.85. The number of carbonyl (C=O) groups is 1. The number of carboxylic acids is 1. The van der Waals surface area contributed by atoms with Gasteiger partial charge in [0.15, 0.2) is 17.2 Å². The van der Waals surface area contributed by atoms with Crippen LogP contribution in [0.5, 0.6) is 5.75 Å². The molecular weight excluding hydrogens is 370 g/mol. The second-order valence-corrected chi connectivity index (χ2v) is 5.85. The fourth-order valence-corrected chi connectivity index (χ4v) is 2.78. The summed E-state index contributed by atoms with van der Waals surface area (Å²) in [5, 5.41) is 13.2. The van der Waals surface area contributed by atoms with Gasteiger partial charge < -0.3 is 9.84 Å². The van der Waals surface area contributed by atoms with Crippen molar-refractivity contribution in [3.8, 4) is 5.75 Å². The van der Waals surface area contributed by atoms with Crippen molar-refractivity contribution in [3.63, 3.8) is 0 Å². The Morgan fingerprint density at radius 3 is 2.63 bits per heavy atom. The highest BCUT2D eigenvalue weighted by Crippen LogP contribution is 2.28. The first-order valence-electron chi connectivity index (χ1n) is 7.68. The van der Waals surface area contributed by atoms with Crippen LogP contribution in [0.3, 0.4) is 0 Å². The van der Waals surface area contributed by atoms with E-state index in [1.807, 2.05) is 0 Å². The van der Waals surface area contributed by atoms with Gasteiger partial charge in [-0.25, -0.2) is 18.7 Å². The molecule has 0 saturated heterocycles. The number of nitrogens with zero attached hydrogens (tertiary/aromatic N) is 3. The van der Waals surface area contributed by atoms with Crippen LogP contribution >= 0.6 is 0 Å². The van der Waals surface area contributed by atoms with E-state index in [-0.39, 0.29) is 17.6 Å². The topological polar surface area (TPSA) is 76.7 Å². The summed E-state index contributed by atoms with van der Waals surface area (Å²) in [4.78, 5) is 15.5. The predicted octanol–water partition coefficient (Wildman–Crippen LogP) is 3.67. The zero-order valence-electron chi connectivity index (χ0n) is 14.1. The van der Waals surface area contributed by atoms with E-state index < -0.39 is 23.9 Å².